The van der Waals surface area contributed by atoms with Crippen LogP contribution < -0.4 is 14.9 Å². The zero-order valence-electron chi connectivity index (χ0n) is 17.9. The summed E-state index contributed by atoms with van der Waals surface area (Å²) in [6.45, 7) is 5.92. The molecule has 32 heavy (non-hydrogen) atoms. The molecule has 0 saturated heterocycles. The van der Waals surface area contributed by atoms with Crippen LogP contribution in [-0.2, 0) is 4.79 Å². The van der Waals surface area contributed by atoms with E-state index in [-0.39, 0.29) is 24.0 Å². The van der Waals surface area contributed by atoms with Gasteiger partial charge in [-0.2, -0.15) is 5.10 Å². The Morgan fingerprint density at radius 3 is 2.69 bits per heavy atom. The summed E-state index contributed by atoms with van der Waals surface area (Å²) in [5.74, 6) is 0.247. The molecule has 0 bridgehead atoms. The molecule has 166 valence electrons. The predicted octanol–water partition coefficient (Wildman–Crippen LogP) is 5.22. The summed E-state index contributed by atoms with van der Waals surface area (Å²) in [7, 11) is 0. The molecule has 1 aromatic heterocycles. The van der Waals surface area contributed by atoms with Crippen LogP contribution >= 0.6 is 15.9 Å². The van der Waals surface area contributed by atoms with E-state index in [0.29, 0.717) is 11.3 Å². The minimum Gasteiger partial charge on any atom is -0.483 e. The van der Waals surface area contributed by atoms with Crippen LogP contribution in [0, 0.1) is 6.92 Å². The molecule has 0 aliphatic rings. The fourth-order valence-corrected chi connectivity index (χ4v) is 3.23. The van der Waals surface area contributed by atoms with Gasteiger partial charge in [-0.3, -0.25) is 4.79 Å². The molecule has 0 saturated carbocycles. The van der Waals surface area contributed by atoms with Crippen LogP contribution in [0.15, 0.2) is 68.8 Å². The number of esters is 1. The van der Waals surface area contributed by atoms with Crippen molar-refractivity contribution in [2.45, 2.75) is 26.7 Å². The Bertz CT molecular complexity index is 1120. The molecule has 0 radical (unpaired) electrons. The monoisotopic (exact) mass is 498 g/mol. The first kappa shape index (κ1) is 23.3. The molecule has 8 heteroatoms. The number of nitrogens with one attached hydrogen (secondary N) is 1. The number of aryl methyl sites for hydroxylation is 1. The highest BCUT2D eigenvalue weighted by molar-refractivity contribution is 9.10. The molecule has 1 amide bonds. The van der Waals surface area contributed by atoms with Gasteiger partial charge in [0.05, 0.1) is 12.5 Å². The fraction of sp³-hybridized carbons (Fsp3) is 0.208. The van der Waals surface area contributed by atoms with Gasteiger partial charge in [-0.15, -0.1) is 0 Å². The van der Waals surface area contributed by atoms with Gasteiger partial charge in [0.25, 0.3) is 5.91 Å². The first-order valence-corrected chi connectivity index (χ1v) is 10.7. The molecule has 3 rings (SSSR count). The van der Waals surface area contributed by atoms with E-state index in [2.05, 4.69) is 40.3 Å². The Morgan fingerprint density at radius 1 is 1.16 bits per heavy atom. The number of nitrogens with zero attached hydrogens (tertiary/aromatic N) is 1. The number of hydrogen-bond acceptors (Lipinski definition) is 6. The summed E-state index contributed by atoms with van der Waals surface area (Å²) in [4.78, 5) is 24.4. The van der Waals surface area contributed by atoms with E-state index in [4.69, 9.17) is 13.9 Å². The number of halogens is 1. The largest absolute Gasteiger partial charge is 0.483 e. The minimum absolute atomic E-state index is 0.0816. The highest BCUT2D eigenvalue weighted by Crippen LogP contribution is 2.27. The van der Waals surface area contributed by atoms with E-state index in [1.54, 1.807) is 24.3 Å². The summed E-state index contributed by atoms with van der Waals surface area (Å²) >= 11 is 3.37. The lowest BCUT2D eigenvalue weighted by molar-refractivity contribution is -0.123. The maximum absolute atomic E-state index is 12.2. The van der Waals surface area contributed by atoms with Crippen LogP contribution in [0.2, 0.25) is 0 Å². The van der Waals surface area contributed by atoms with Gasteiger partial charge in [0.2, 0.25) is 5.76 Å². The molecule has 7 nitrogen and oxygen atoms in total. The first-order chi connectivity index (χ1) is 15.3. The molecule has 0 spiro atoms. The van der Waals surface area contributed by atoms with Crippen LogP contribution in [0.5, 0.6) is 11.5 Å². The molecule has 1 heterocycles. The van der Waals surface area contributed by atoms with Gasteiger partial charge in [-0.25, -0.2) is 10.2 Å². The second kappa shape index (κ2) is 10.8. The van der Waals surface area contributed by atoms with Crippen molar-refractivity contribution in [3.63, 3.8) is 0 Å². The van der Waals surface area contributed by atoms with E-state index in [1.807, 2.05) is 25.1 Å². The summed E-state index contributed by atoms with van der Waals surface area (Å²) in [5.41, 5.74) is 4.99. The second-order valence-corrected chi connectivity index (χ2v) is 8.24. The maximum Gasteiger partial charge on any atom is 0.379 e. The molecule has 0 aliphatic heterocycles. The highest BCUT2D eigenvalue weighted by Gasteiger charge is 2.14. The van der Waals surface area contributed by atoms with Gasteiger partial charge in [0, 0.05) is 10.0 Å². The molecule has 0 atom stereocenters. The zero-order chi connectivity index (χ0) is 23.1. The molecule has 1 N–H and O–H groups in total. The van der Waals surface area contributed by atoms with Crippen molar-refractivity contribution in [3.05, 3.63) is 81.7 Å². The number of benzene rings is 2. The summed E-state index contributed by atoms with van der Waals surface area (Å²) < 4.78 is 16.9. The SMILES string of the molecule is Cc1ccc(C(C)C)c(OCC(=O)N/N=C\c2cc(Br)ccc2OC(=O)c2ccco2)c1. The molecule has 0 aliphatic carbocycles. The minimum atomic E-state index is -0.636. The lowest BCUT2D eigenvalue weighted by Crippen LogP contribution is -2.25. The van der Waals surface area contributed by atoms with Crippen molar-refractivity contribution in [1.82, 2.24) is 5.43 Å². The van der Waals surface area contributed by atoms with Crippen LogP contribution in [0.1, 0.15) is 47.0 Å². The van der Waals surface area contributed by atoms with Gasteiger partial charge in [0.1, 0.15) is 11.5 Å². The number of furan rings is 1. The van der Waals surface area contributed by atoms with Crippen molar-refractivity contribution in [2.24, 2.45) is 5.10 Å². The van der Waals surface area contributed by atoms with Crippen LogP contribution in [0.25, 0.3) is 0 Å². The molecule has 0 fully saturated rings. The molecular formula is C24H23BrN2O5. The third-order valence-electron chi connectivity index (χ3n) is 4.44. The average Bonchev–Trinajstić information content (AvgIpc) is 3.29. The lowest BCUT2D eigenvalue weighted by atomic mass is 10.0. The van der Waals surface area contributed by atoms with E-state index in [0.717, 1.165) is 15.6 Å². The number of hydrazone groups is 1. The van der Waals surface area contributed by atoms with Crippen molar-refractivity contribution in [1.29, 1.82) is 0 Å². The number of ether oxygens (including phenoxy) is 2. The second-order valence-electron chi connectivity index (χ2n) is 7.33. The maximum atomic E-state index is 12.2. The van der Waals surface area contributed by atoms with E-state index >= 15 is 0 Å². The summed E-state index contributed by atoms with van der Waals surface area (Å²) in [6, 6.07) is 14.1. The first-order valence-electron chi connectivity index (χ1n) is 9.94. The number of rotatable bonds is 8. The quantitative estimate of drug-likeness (QED) is 0.199. The Balaban J connectivity index is 1.62. The van der Waals surface area contributed by atoms with Crippen molar-refractivity contribution < 1.29 is 23.5 Å². The smallest absolute Gasteiger partial charge is 0.379 e. The Labute approximate surface area is 194 Å². The standard InChI is InChI=1S/C24H23BrN2O5/c1-15(2)19-8-6-16(3)11-22(19)31-14-23(28)27-26-13-17-12-18(25)7-9-20(17)32-24(29)21-5-4-10-30-21/h4-13,15H,14H2,1-3H3,(H,27,28)/b26-13-. The highest BCUT2D eigenvalue weighted by atomic mass is 79.9. The summed E-state index contributed by atoms with van der Waals surface area (Å²) in [6.07, 6.45) is 2.78. The van der Waals surface area contributed by atoms with Crippen LogP contribution in [0.4, 0.5) is 0 Å². The number of amides is 1. The summed E-state index contributed by atoms with van der Waals surface area (Å²) in [5, 5.41) is 3.96. The van der Waals surface area contributed by atoms with Crippen molar-refractivity contribution >= 4 is 34.0 Å². The lowest BCUT2D eigenvalue weighted by Gasteiger charge is -2.14. The van der Waals surface area contributed by atoms with Gasteiger partial charge in [0.15, 0.2) is 6.61 Å². The predicted molar refractivity (Wildman–Crippen MR) is 124 cm³/mol. The van der Waals surface area contributed by atoms with E-state index in [1.165, 1.54) is 18.5 Å². The third-order valence-corrected chi connectivity index (χ3v) is 4.93. The average molecular weight is 499 g/mol. The third kappa shape index (κ3) is 6.31. The van der Waals surface area contributed by atoms with Crippen LogP contribution in [-0.4, -0.2) is 24.7 Å². The zero-order valence-corrected chi connectivity index (χ0v) is 19.5. The Kier molecular flexibility index (Phi) is 7.83. The Morgan fingerprint density at radius 2 is 1.97 bits per heavy atom. The van der Waals surface area contributed by atoms with Crippen molar-refractivity contribution in [2.75, 3.05) is 6.61 Å². The van der Waals surface area contributed by atoms with Gasteiger partial charge < -0.3 is 13.9 Å². The molecular weight excluding hydrogens is 476 g/mol. The topological polar surface area (TPSA) is 90.1 Å². The van der Waals surface area contributed by atoms with Crippen LogP contribution in [0.3, 0.4) is 0 Å². The molecule has 2 aromatic carbocycles. The molecule has 3 aromatic rings. The van der Waals surface area contributed by atoms with E-state index in [9.17, 15) is 9.59 Å². The van der Waals surface area contributed by atoms with E-state index < -0.39 is 11.9 Å². The van der Waals surface area contributed by atoms with Crippen molar-refractivity contribution in [3.8, 4) is 11.5 Å². The molecule has 0 unspecified atom stereocenters. The van der Waals surface area contributed by atoms with Gasteiger partial charge in [-0.1, -0.05) is 41.9 Å². The number of carbonyl (C=O) groups excluding carboxylic acids is 2. The van der Waals surface area contributed by atoms with Gasteiger partial charge >= 0.3 is 5.97 Å². The number of hydrogen-bond donors (Lipinski definition) is 1. The van der Waals surface area contributed by atoms with Gasteiger partial charge in [-0.05, 0) is 60.4 Å². The number of carbonyl (C=O) groups is 2. The normalized spacial score (nSPS) is 11.0. The Hall–Kier alpha value is -3.39. The fourth-order valence-electron chi connectivity index (χ4n) is 2.85.